The van der Waals surface area contributed by atoms with Crippen molar-refractivity contribution in [3.63, 3.8) is 0 Å². The Labute approximate surface area is 164 Å². The molecule has 144 valence electrons. The zero-order valence-corrected chi connectivity index (χ0v) is 16.4. The van der Waals surface area contributed by atoms with E-state index in [0.29, 0.717) is 16.9 Å². The normalized spacial score (nSPS) is 11.9. The molecule has 3 N–H and O–H groups in total. The Morgan fingerprint density at radius 1 is 1.22 bits per heavy atom. The average molecular weight is 390 g/mol. The Balaban J connectivity index is 2.12. The summed E-state index contributed by atoms with van der Waals surface area (Å²) in [5, 5.41) is 7.41. The second-order valence-electron chi connectivity index (χ2n) is 6.32. The van der Waals surface area contributed by atoms with Gasteiger partial charge in [0, 0.05) is 24.4 Å². The molecule has 2 aromatic carbocycles. The SMILES string of the molecule is COC(C(=O)N(Cl)Cc1ccc(C(=N)N)cc1)c1cccc(OC(C)C)c1. The third-order valence-corrected chi connectivity index (χ3v) is 4.10. The fraction of sp³-hybridized carbons (Fsp3) is 0.300. The van der Waals surface area contributed by atoms with Gasteiger partial charge < -0.3 is 15.2 Å². The second kappa shape index (κ2) is 9.39. The molecule has 0 aliphatic heterocycles. The maximum Gasteiger partial charge on any atom is 0.270 e. The summed E-state index contributed by atoms with van der Waals surface area (Å²) in [5.74, 6) is 0.276. The number of rotatable bonds is 8. The summed E-state index contributed by atoms with van der Waals surface area (Å²) in [6.07, 6.45) is -0.811. The summed E-state index contributed by atoms with van der Waals surface area (Å²) < 4.78 is 12.2. The Morgan fingerprint density at radius 3 is 2.44 bits per heavy atom. The van der Waals surface area contributed by atoms with Crippen LogP contribution in [0.4, 0.5) is 0 Å². The van der Waals surface area contributed by atoms with Crippen LogP contribution in [0.3, 0.4) is 0 Å². The highest BCUT2D eigenvalue weighted by Crippen LogP contribution is 2.25. The summed E-state index contributed by atoms with van der Waals surface area (Å²) in [4.78, 5) is 12.8. The van der Waals surface area contributed by atoms with Crippen LogP contribution in [0.2, 0.25) is 0 Å². The van der Waals surface area contributed by atoms with Crippen molar-refractivity contribution in [3.05, 3.63) is 65.2 Å². The van der Waals surface area contributed by atoms with Gasteiger partial charge in [0.15, 0.2) is 6.10 Å². The van der Waals surface area contributed by atoms with E-state index in [4.69, 9.17) is 32.4 Å². The molecule has 27 heavy (non-hydrogen) atoms. The maximum atomic E-state index is 12.8. The number of nitrogens with two attached hydrogens (primary N) is 1. The standard InChI is InChI=1S/C20H24ClN3O3/c1-13(2)27-17-6-4-5-16(11-17)18(26-3)20(25)24(21)12-14-7-9-15(10-8-14)19(22)23/h4-11,13,18H,12H2,1-3H3,(H3,22,23). The van der Waals surface area contributed by atoms with E-state index < -0.39 is 6.10 Å². The lowest BCUT2D eigenvalue weighted by Gasteiger charge is -2.21. The number of nitrogens with one attached hydrogen (secondary N) is 1. The first kappa shape index (κ1) is 20.7. The molecular formula is C20H24ClN3O3. The molecule has 0 saturated heterocycles. The fourth-order valence-electron chi connectivity index (χ4n) is 2.56. The van der Waals surface area contributed by atoms with Crippen LogP contribution in [0.25, 0.3) is 0 Å². The van der Waals surface area contributed by atoms with Crippen LogP contribution < -0.4 is 10.5 Å². The zero-order valence-electron chi connectivity index (χ0n) is 15.6. The van der Waals surface area contributed by atoms with Gasteiger partial charge in [-0.05, 0) is 37.1 Å². The van der Waals surface area contributed by atoms with Crippen LogP contribution >= 0.6 is 11.8 Å². The number of amides is 1. The van der Waals surface area contributed by atoms with Crippen LogP contribution in [0, 0.1) is 5.41 Å². The first-order valence-electron chi connectivity index (χ1n) is 8.51. The first-order valence-corrected chi connectivity index (χ1v) is 8.85. The van der Waals surface area contributed by atoms with Crippen molar-refractivity contribution in [1.82, 2.24) is 4.42 Å². The van der Waals surface area contributed by atoms with E-state index in [1.807, 2.05) is 26.0 Å². The number of methoxy groups -OCH3 is 1. The number of hydrogen-bond donors (Lipinski definition) is 2. The molecule has 7 heteroatoms. The quantitative estimate of drug-likeness (QED) is 0.410. The highest BCUT2D eigenvalue weighted by Gasteiger charge is 2.25. The first-order chi connectivity index (χ1) is 12.8. The molecule has 2 rings (SSSR count). The van der Waals surface area contributed by atoms with E-state index in [-0.39, 0.29) is 24.4 Å². The lowest BCUT2D eigenvalue weighted by molar-refractivity contribution is -0.137. The van der Waals surface area contributed by atoms with Crippen LogP contribution in [0.15, 0.2) is 48.5 Å². The molecule has 0 aromatic heterocycles. The van der Waals surface area contributed by atoms with Crippen molar-refractivity contribution in [2.24, 2.45) is 5.73 Å². The van der Waals surface area contributed by atoms with Crippen molar-refractivity contribution in [2.75, 3.05) is 7.11 Å². The van der Waals surface area contributed by atoms with E-state index in [0.717, 1.165) is 9.98 Å². The number of hydrogen-bond acceptors (Lipinski definition) is 4. The predicted octanol–water partition coefficient (Wildman–Crippen LogP) is 3.63. The summed E-state index contributed by atoms with van der Waals surface area (Å²) >= 11 is 6.22. The van der Waals surface area contributed by atoms with Crippen molar-refractivity contribution in [3.8, 4) is 5.75 Å². The van der Waals surface area contributed by atoms with Crippen LogP contribution in [-0.4, -0.2) is 29.4 Å². The molecule has 0 heterocycles. The average Bonchev–Trinajstić information content (AvgIpc) is 2.62. The molecule has 0 saturated carbocycles. The molecular weight excluding hydrogens is 366 g/mol. The molecule has 2 aromatic rings. The van der Waals surface area contributed by atoms with Gasteiger partial charge in [0.25, 0.3) is 5.91 Å². The predicted molar refractivity (Wildman–Crippen MR) is 106 cm³/mol. The van der Waals surface area contributed by atoms with Crippen LogP contribution in [-0.2, 0) is 16.1 Å². The second-order valence-corrected chi connectivity index (χ2v) is 6.73. The maximum absolute atomic E-state index is 12.8. The number of nitrogens with zero attached hydrogens (tertiary/aromatic N) is 1. The Bertz CT molecular complexity index is 793. The molecule has 0 radical (unpaired) electrons. The summed E-state index contributed by atoms with van der Waals surface area (Å²) in [5.41, 5.74) is 7.54. The third kappa shape index (κ3) is 5.70. The Morgan fingerprint density at radius 2 is 1.89 bits per heavy atom. The lowest BCUT2D eigenvalue weighted by Crippen LogP contribution is -2.28. The largest absolute Gasteiger partial charge is 0.491 e. The van der Waals surface area contributed by atoms with Crippen LogP contribution in [0.5, 0.6) is 5.75 Å². The highest BCUT2D eigenvalue weighted by atomic mass is 35.5. The number of halogens is 1. The highest BCUT2D eigenvalue weighted by molar-refractivity contribution is 6.21. The van der Waals surface area contributed by atoms with Crippen LogP contribution in [0.1, 0.15) is 36.6 Å². The number of carbonyl (C=O) groups excluding carboxylic acids is 1. The molecule has 0 aliphatic carbocycles. The van der Waals surface area contributed by atoms with E-state index >= 15 is 0 Å². The number of amidine groups is 1. The van der Waals surface area contributed by atoms with Gasteiger partial charge in [-0.2, -0.15) is 0 Å². The van der Waals surface area contributed by atoms with Gasteiger partial charge in [-0.3, -0.25) is 10.2 Å². The molecule has 0 fully saturated rings. The van der Waals surface area contributed by atoms with Gasteiger partial charge in [-0.15, -0.1) is 0 Å². The molecule has 1 unspecified atom stereocenters. The molecule has 6 nitrogen and oxygen atoms in total. The molecule has 1 atom stereocenters. The van der Waals surface area contributed by atoms with Gasteiger partial charge in [0.1, 0.15) is 11.6 Å². The minimum absolute atomic E-state index is 0.0108. The lowest BCUT2D eigenvalue weighted by atomic mass is 10.1. The van der Waals surface area contributed by atoms with Crippen molar-refractivity contribution >= 4 is 23.5 Å². The smallest absolute Gasteiger partial charge is 0.270 e. The van der Waals surface area contributed by atoms with E-state index in [1.165, 1.54) is 7.11 Å². The van der Waals surface area contributed by atoms with Gasteiger partial charge in [0.05, 0.1) is 12.6 Å². The molecule has 0 bridgehead atoms. The number of benzene rings is 2. The number of carbonyl (C=O) groups is 1. The van der Waals surface area contributed by atoms with Gasteiger partial charge in [-0.25, -0.2) is 4.42 Å². The summed E-state index contributed by atoms with van der Waals surface area (Å²) in [6, 6.07) is 14.2. The zero-order chi connectivity index (χ0) is 20.0. The molecule has 1 amide bonds. The summed E-state index contributed by atoms with van der Waals surface area (Å²) in [7, 11) is 1.46. The Kier molecular flexibility index (Phi) is 7.21. The van der Waals surface area contributed by atoms with E-state index in [2.05, 4.69) is 0 Å². The topological polar surface area (TPSA) is 88.6 Å². The minimum Gasteiger partial charge on any atom is -0.491 e. The van der Waals surface area contributed by atoms with E-state index in [9.17, 15) is 4.79 Å². The van der Waals surface area contributed by atoms with Crippen molar-refractivity contribution < 1.29 is 14.3 Å². The minimum atomic E-state index is -0.838. The van der Waals surface area contributed by atoms with Gasteiger partial charge in [-0.1, -0.05) is 36.4 Å². The van der Waals surface area contributed by atoms with Crippen molar-refractivity contribution in [1.29, 1.82) is 5.41 Å². The number of ether oxygens (including phenoxy) is 2. The molecule has 0 aliphatic rings. The van der Waals surface area contributed by atoms with E-state index in [1.54, 1.807) is 36.4 Å². The third-order valence-electron chi connectivity index (χ3n) is 3.82. The van der Waals surface area contributed by atoms with Gasteiger partial charge in [0.2, 0.25) is 0 Å². The monoisotopic (exact) mass is 389 g/mol. The summed E-state index contributed by atoms with van der Waals surface area (Å²) in [6.45, 7) is 4.06. The number of nitrogen functional groups attached to an aromatic ring is 1. The molecule has 0 spiro atoms. The fourth-order valence-corrected chi connectivity index (χ4v) is 2.78. The Hall–Kier alpha value is -2.57. The van der Waals surface area contributed by atoms with Gasteiger partial charge >= 0.3 is 0 Å². The van der Waals surface area contributed by atoms with Crippen molar-refractivity contribution in [2.45, 2.75) is 32.6 Å².